The van der Waals surface area contributed by atoms with E-state index >= 15 is 0 Å². The van der Waals surface area contributed by atoms with Crippen LogP contribution in [0.1, 0.15) is 5.56 Å². The number of halogens is 3. The van der Waals surface area contributed by atoms with Gasteiger partial charge in [-0.05, 0) is 24.3 Å². The molecule has 1 aromatic carbocycles. The van der Waals surface area contributed by atoms with Crippen molar-refractivity contribution in [3.63, 3.8) is 0 Å². The van der Waals surface area contributed by atoms with Gasteiger partial charge >= 0.3 is 6.18 Å². The Morgan fingerprint density at radius 2 is 2.00 bits per heavy atom. The molecule has 23 heavy (non-hydrogen) atoms. The SMILES string of the molecule is O=c1cc(-c2cnc(Nc3cccc(C(F)(F)F)c3)o2)cc[nH]1. The minimum absolute atomic E-state index is 0.0274. The first kappa shape index (κ1) is 14.9. The van der Waals surface area contributed by atoms with Crippen LogP contribution in [0.2, 0.25) is 0 Å². The highest BCUT2D eigenvalue weighted by Crippen LogP contribution is 2.31. The summed E-state index contributed by atoms with van der Waals surface area (Å²) in [4.78, 5) is 17.7. The Morgan fingerprint density at radius 3 is 2.74 bits per heavy atom. The van der Waals surface area contributed by atoms with Gasteiger partial charge in [-0.15, -0.1) is 0 Å². The molecule has 3 aromatic rings. The molecule has 118 valence electrons. The molecule has 0 fully saturated rings. The van der Waals surface area contributed by atoms with E-state index in [0.29, 0.717) is 11.3 Å². The highest BCUT2D eigenvalue weighted by Gasteiger charge is 2.30. The third kappa shape index (κ3) is 3.42. The van der Waals surface area contributed by atoms with Gasteiger partial charge in [0.05, 0.1) is 11.8 Å². The fourth-order valence-corrected chi connectivity index (χ4v) is 1.96. The number of pyridine rings is 1. The van der Waals surface area contributed by atoms with Crippen LogP contribution < -0.4 is 10.9 Å². The van der Waals surface area contributed by atoms with Gasteiger partial charge in [-0.2, -0.15) is 13.2 Å². The van der Waals surface area contributed by atoms with Crippen LogP contribution in [0.3, 0.4) is 0 Å². The summed E-state index contributed by atoms with van der Waals surface area (Å²) >= 11 is 0. The molecule has 0 atom stereocenters. The molecule has 0 amide bonds. The van der Waals surface area contributed by atoms with Gasteiger partial charge in [0.2, 0.25) is 5.56 Å². The Balaban J connectivity index is 1.84. The molecule has 0 saturated carbocycles. The van der Waals surface area contributed by atoms with Crippen LogP contribution in [0.15, 0.2) is 58.0 Å². The number of anilines is 2. The van der Waals surface area contributed by atoms with Gasteiger partial charge < -0.3 is 14.7 Å². The molecule has 3 rings (SSSR count). The zero-order chi connectivity index (χ0) is 16.4. The third-order valence-corrected chi connectivity index (χ3v) is 3.01. The van der Waals surface area contributed by atoms with E-state index in [-0.39, 0.29) is 17.3 Å². The van der Waals surface area contributed by atoms with Gasteiger partial charge in [0.25, 0.3) is 6.01 Å². The lowest BCUT2D eigenvalue weighted by molar-refractivity contribution is -0.137. The molecule has 2 N–H and O–H groups in total. The number of alkyl halides is 3. The first-order valence-electron chi connectivity index (χ1n) is 6.51. The summed E-state index contributed by atoms with van der Waals surface area (Å²) in [5.41, 5.74) is -0.368. The minimum Gasteiger partial charge on any atom is -0.423 e. The van der Waals surface area contributed by atoms with E-state index in [2.05, 4.69) is 15.3 Å². The van der Waals surface area contributed by atoms with E-state index in [9.17, 15) is 18.0 Å². The molecule has 5 nitrogen and oxygen atoms in total. The number of nitrogens with zero attached hydrogens (tertiary/aromatic N) is 1. The van der Waals surface area contributed by atoms with E-state index in [1.807, 2.05) is 0 Å². The molecule has 0 spiro atoms. The quantitative estimate of drug-likeness (QED) is 0.770. The van der Waals surface area contributed by atoms with Crippen LogP contribution >= 0.6 is 0 Å². The van der Waals surface area contributed by atoms with Crippen molar-refractivity contribution in [1.29, 1.82) is 0 Å². The summed E-state index contributed by atoms with van der Waals surface area (Å²) in [5, 5.41) is 2.66. The number of oxazole rings is 1. The van der Waals surface area contributed by atoms with Gasteiger partial charge in [-0.25, -0.2) is 4.98 Å². The second kappa shape index (κ2) is 5.64. The molecule has 2 heterocycles. The Kier molecular flexibility index (Phi) is 3.65. The van der Waals surface area contributed by atoms with Crippen LogP contribution in [-0.2, 0) is 6.18 Å². The van der Waals surface area contributed by atoms with Crippen LogP contribution in [0.4, 0.5) is 24.9 Å². The van der Waals surface area contributed by atoms with E-state index < -0.39 is 11.7 Å². The highest BCUT2D eigenvalue weighted by molar-refractivity contribution is 5.59. The summed E-state index contributed by atoms with van der Waals surface area (Å²) in [6.45, 7) is 0. The van der Waals surface area contributed by atoms with E-state index in [0.717, 1.165) is 12.1 Å². The zero-order valence-electron chi connectivity index (χ0n) is 11.5. The minimum atomic E-state index is -4.43. The Morgan fingerprint density at radius 1 is 1.17 bits per heavy atom. The third-order valence-electron chi connectivity index (χ3n) is 3.01. The molecular formula is C15H10F3N3O2. The maximum absolute atomic E-state index is 12.7. The average molecular weight is 321 g/mol. The summed E-state index contributed by atoms with van der Waals surface area (Å²) in [5.74, 6) is 0.325. The van der Waals surface area contributed by atoms with Crippen LogP contribution in [0.25, 0.3) is 11.3 Å². The van der Waals surface area contributed by atoms with Crippen molar-refractivity contribution in [2.24, 2.45) is 0 Å². The molecule has 0 unspecified atom stereocenters. The zero-order valence-corrected chi connectivity index (χ0v) is 11.5. The second-order valence-electron chi connectivity index (χ2n) is 4.67. The summed E-state index contributed by atoms with van der Waals surface area (Å²) in [6, 6.07) is 7.65. The first-order chi connectivity index (χ1) is 10.9. The van der Waals surface area contributed by atoms with Crippen molar-refractivity contribution in [3.05, 3.63) is 64.7 Å². The summed E-state index contributed by atoms with van der Waals surface area (Å²) in [7, 11) is 0. The molecule has 0 radical (unpaired) electrons. The van der Waals surface area contributed by atoms with Gasteiger partial charge in [-0.3, -0.25) is 4.79 Å². The number of aromatic amines is 1. The second-order valence-corrected chi connectivity index (χ2v) is 4.67. The highest BCUT2D eigenvalue weighted by atomic mass is 19.4. The van der Waals surface area contributed by atoms with Crippen LogP contribution in [0, 0.1) is 0 Å². The molecule has 2 aromatic heterocycles. The normalized spacial score (nSPS) is 11.4. The number of benzene rings is 1. The molecule has 0 aliphatic heterocycles. The molecule has 0 aliphatic rings. The average Bonchev–Trinajstić information content (AvgIpc) is 2.95. The van der Waals surface area contributed by atoms with Gasteiger partial charge in [0, 0.05) is 23.5 Å². The maximum Gasteiger partial charge on any atom is 0.416 e. The topological polar surface area (TPSA) is 70.9 Å². The Labute approximate surface area is 127 Å². The van der Waals surface area contributed by atoms with E-state index in [4.69, 9.17) is 4.42 Å². The fourth-order valence-electron chi connectivity index (χ4n) is 1.96. The Bertz CT molecular complexity index is 884. The first-order valence-corrected chi connectivity index (χ1v) is 6.51. The van der Waals surface area contributed by atoms with Crippen molar-refractivity contribution in [1.82, 2.24) is 9.97 Å². The van der Waals surface area contributed by atoms with Gasteiger partial charge in [0.1, 0.15) is 0 Å². The lowest BCUT2D eigenvalue weighted by Crippen LogP contribution is -2.05. The number of nitrogens with one attached hydrogen (secondary N) is 2. The van der Waals surface area contributed by atoms with Crippen LogP contribution in [-0.4, -0.2) is 9.97 Å². The smallest absolute Gasteiger partial charge is 0.416 e. The molecular weight excluding hydrogens is 311 g/mol. The number of H-pyrrole nitrogens is 1. The Hall–Kier alpha value is -3.03. The molecule has 0 saturated heterocycles. The summed E-state index contributed by atoms with van der Waals surface area (Å²) < 4.78 is 43.4. The van der Waals surface area contributed by atoms with Crippen molar-refractivity contribution in [3.8, 4) is 11.3 Å². The fraction of sp³-hybridized carbons (Fsp3) is 0.0667. The van der Waals surface area contributed by atoms with Crippen molar-refractivity contribution in [2.45, 2.75) is 6.18 Å². The largest absolute Gasteiger partial charge is 0.423 e. The van der Waals surface area contributed by atoms with E-state index in [1.54, 1.807) is 6.07 Å². The molecule has 8 heteroatoms. The lowest BCUT2D eigenvalue weighted by atomic mass is 10.2. The van der Waals surface area contributed by atoms with E-state index in [1.165, 1.54) is 30.6 Å². The summed E-state index contributed by atoms with van der Waals surface area (Å²) in [6.07, 6.45) is -1.59. The number of hydrogen-bond donors (Lipinski definition) is 2. The van der Waals surface area contributed by atoms with Gasteiger partial charge in [-0.1, -0.05) is 6.07 Å². The number of aromatic nitrogens is 2. The predicted molar refractivity (Wildman–Crippen MR) is 77.3 cm³/mol. The standard InChI is InChI=1S/C15H10F3N3O2/c16-15(17,18)10-2-1-3-11(7-10)21-14-20-8-12(23-14)9-4-5-19-13(22)6-9/h1-8H,(H,19,22)(H,20,21). The molecule has 0 bridgehead atoms. The molecule has 0 aliphatic carbocycles. The van der Waals surface area contributed by atoms with Crippen molar-refractivity contribution in [2.75, 3.05) is 5.32 Å². The van der Waals surface area contributed by atoms with Crippen LogP contribution in [0.5, 0.6) is 0 Å². The monoisotopic (exact) mass is 321 g/mol. The number of rotatable bonds is 3. The maximum atomic E-state index is 12.7. The van der Waals surface area contributed by atoms with Gasteiger partial charge in [0.15, 0.2) is 5.76 Å². The predicted octanol–water partition coefficient (Wildman–Crippen LogP) is 3.79. The number of hydrogen-bond acceptors (Lipinski definition) is 4. The van der Waals surface area contributed by atoms with Crippen molar-refractivity contribution >= 4 is 11.7 Å². The van der Waals surface area contributed by atoms with Crippen molar-refractivity contribution < 1.29 is 17.6 Å². The lowest BCUT2D eigenvalue weighted by Gasteiger charge is -2.08.